The van der Waals surface area contributed by atoms with Crippen molar-refractivity contribution in [1.82, 2.24) is 4.57 Å². The molecule has 13 heteroatoms. The molecule has 1 N–H and O–H groups in total. The summed E-state index contributed by atoms with van der Waals surface area (Å²) < 4.78 is 35.6. The second kappa shape index (κ2) is 10.6. The van der Waals surface area contributed by atoms with Crippen molar-refractivity contribution >= 4 is 54.5 Å². The first kappa shape index (κ1) is 26.8. The van der Waals surface area contributed by atoms with Crippen LogP contribution in [0.1, 0.15) is 12.5 Å². The molecule has 0 aliphatic rings. The van der Waals surface area contributed by atoms with Crippen LogP contribution in [-0.4, -0.2) is 37.5 Å². The van der Waals surface area contributed by atoms with Crippen molar-refractivity contribution < 1.29 is 22.9 Å². The van der Waals surface area contributed by atoms with Crippen LogP contribution in [0.3, 0.4) is 0 Å². The smallest absolute Gasteiger partial charge is 0.308 e. The highest BCUT2D eigenvalue weighted by Gasteiger charge is 2.29. The van der Waals surface area contributed by atoms with E-state index in [2.05, 4.69) is 5.32 Å². The Morgan fingerprint density at radius 3 is 2.47 bits per heavy atom. The number of nitro benzene ring substituents is 1. The predicted molar refractivity (Wildman–Crippen MR) is 146 cm³/mol. The van der Waals surface area contributed by atoms with E-state index in [1.54, 1.807) is 34.9 Å². The van der Waals surface area contributed by atoms with Gasteiger partial charge in [0, 0.05) is 23.9 Å². The number of hydrogen-bond acceptors (Lipinski definition) is 8. The lowest BCUT2D eigenvalue weighted by Gasteiger charge is -2.24. The molecule has 0 bridgehead atoms. The first-order valence-electron chi connectivity index (χ1n) is 11.4. The quantitative estimate of drug-likeness (QED) is 0.241. The topological polar surface area (TPSA) is 141 Å². The maximum atomic E-state index is 13.7. The Bertz CT molecular complexity index is 1690. The summed E-state index contributed by atoms with van der Waals surface area (Å²) in [5.74, 6) is -0.166. The van der Waals surface area contributed by atoms with E-state index in [1.165, 1.54) is 38.3 Å². The molecule has 0 atom stereocenters. The van der Waals surface area contributed by atoms with Crippen molar-refractivity contribution in [1.29, 1.82) is 0 Å². The highest BCUT2D eigenvalue weighted by molar-refractivity contribution is 7.92. The van der Waals surface area contributed by atoms with Crippen LogP contribution in [0.4, 0.5) is 17.1 Å². The number of nitrogens with zero attached hydrogens (tertiary/aromatic N) is 3. The van der Waals surface area contributed by atoms with Gasteiger partial charge in [-0.3, -0.25) is 28.6 Å². The van der Waals surface area contributed by atoms with Gasteiger partial charge in [-0.15, -0.1) is 0 Å². The number of carbonyl (C=O) groups excluding carboxylic acids is 1. The van der Waals surface area contributed by atoms with E-state index in [1.807, 2.05) is 6.92 Å². The molecule has 0 saturated carbocycles. The monoisotopic (exact) mass is 556 g/mol. The van der Waals surface area contributed by atoms with Gasteiger partial charge in [0.25, 0.3) is 15.7 Å². The zero-order chi connectivity index (χ0) is 27.6. The third kappa shape index (κ3) is 5.24. The van der Waals surface area contributed by atoms with Gasteiger partial charge < -0.3 is 10.1 Å². The number of aromatic nitrogens is 1. The fourth-order valence-corrected chi connectivity index (χ4v) is 6.35. The van der Waals surface area contributed by atoms with E-state index < -0.39 is 27.4 Å². The van der Waals surface area contributed by atoms with Gasteiger partial charge >= 0.3 is 4.87 Å². The lowest BCUT2D eigenvalue weighted by atomic mass is 10.2. The number of sulfonamides is 1. The van der Waals surface area contributed by atoms with Crippen LogP contribution >= 0.6 is 11.3 Å². The van der Waals surface area contributed by atoms with Crippen LogP contribution in [0.2, 0.25) is 0 Å². The number of amides is 1. The SMILES string of the molecule is CCn1c(=O)sc2cc(NC(=O)CN(c3ccc(OC)cc3)S(=O)(=O)c3ccc(C)c([N+](=O)[O-])c3)ccc21. The number of nitrogens with one attached hydrogen (secondary N) is 1. The molecule has 198 valence electrons. The molecule has 3 aromatic carbocycles. The fraction of sp³-hybridized carbons (Fsp3) is 0.200. The van der Waals surface area contributed by atoms with Crippen molar-refractivity contribution in [3.05, 3.63) is 86.0 Å². The van der Waals surface area contributed by atoms with Crippen molar-refractivity contribution in [3.63, 3.8) is 0 Å². The Morgan fingerprint density at radius 2 is 1.84 bits per heavy atom. The van der Waals surface area contributed by atoms with Gasteiger partial charge in [-0.1, -0.05) is 17.4 Å². The van der Waals surface area contributed by atoms with Crippen molar-refractivity contribution in [2.24, 2.45) is 0 Å². The summed E-state index contributed by atoms with van der Waals surface area (Å²) in [5, 5.41) is 14.1. The minimum Gasteiger partial charge on any atom is -0.497 e. The number of hydrogen-bond donors (Lipinski definition) is 1. The zero-order valence-corrected chi connectivity index (χ0v) is 22.3. The van der Waals surface area contributed by atoms with E-state index in [-0.39, 0.29) is 21.1 Å². The maximum Gasteiger partial charge on any atom is 0.308 e. The van der Waals surface area contributed by atoms with Gasteiger partial charge in [0.15, 0.2) is 0 Å². The molecule has 0 spiro atoms. The van der Waals surface area contributed by atoms with Gasteiger partial charge in [-0.25, -0.2) is 8.42 Å². The number of thiazole rings is 1. The number of aryl methyl sites for hydroxylation is 2. The maximum absolute atomic E-state index is 13.7. The number of nitro groups is 1. The highest BCUT2D eigenvalue weighted by Crippen LogP contribution is 2.29. The molecule has 4 rings (SSSR count). The molecular weight excluding hydrogens is 532 g/mol. The van der Waals surface area contributed by atoms with Gasteiger partial charge in [0.1, 0.15) is 12.3 Å². The third-order valence-electron chi connectivity index (χ3n) is 5.88. The number of fused-ring (bicyclic) bond motifs is 1. The average Bonchev–Trinajstić information content (AvgIpc) is 3.21. The molecule has 1 amide bonds. The van der Waals surface area contributed by atoms with E-state index in [9.17, 15) is 28.1 Å². The second-order valence-electron chi connectivity index (χ2n) is 8.26. The molecule has 0 aliphatic carbocycles. The van der Waals surface area contributed by atoms with Gasteiger partial charge in [-0.2, -0.15) is 0 Å². The van der Waals surface area contributed by atoms with Crippen LogP contribution in [-0.2, 0) is 21.4 Å². The Morgan fingerprint density at radius 1 is 1.13 bits per heavy atom. The van der Waals surface area contributed by atoms with Gasteiger partial charge in [-0.05, 0) is 62.4 Å². The summed E-state index contributed by atoms with van der Waals surface area (Å²) in [6.45, 7) is 3.27. The zero-order valence-electron chi connectivity index (χ0n) is 20.7. The summed E-state index contributed by atoms with van der Waals surface area (Å²) in [6, 6.07) is 14.6. The van der Waals surface area contributed by atoms with Gasteiger partial charge in [0.2, 0.25) is 5.91 Å². The summed E-state index contributed by atoms with van der Waals surface area (Å²) >= 11 is 1.05. The molecule has 11 nitrogen and oxygen atoms in total. The predicted octanol–water partition coefficient (Wildman–Crippen LogP) is 4.14. The molecule has 0 saturated heterocycles. The number of carbonyl (C=O) groups is 1. The Balaban J connectivity index is 1.69. The number of anilines is 2. The normalized spacial score (nSPS) is 11.3. The second-order valence-corrected chi connectivity index (χ2v) is 11.1. The average molecular weight is 557 g/mol. The summed E-state index contributed by atoms with van der Waals surface area (Å²) in [6.07, 6.45) is 0. The fourth-order valence-electron chi connectivity index (χ4n) is 3.91. The number of methoxy groups -OCH3 is 1. The molecule has 0 radical (unpaired) electrons. The Labute approximate surface area is 222 Å². The minimum atomic E-state index is -4.39. The van der Waals surface area contributed by atoms with Crippen LogP contribution in [0.15, 0.2) is 70.4 Å². The lowest BCUT2D eigenvalue weighted by Crippen LogP contribution is -2.38. The number of ether oxygens (including phenoxy) is 1. The lowest BCUT2D eigenvalue weighted by molar-refractivity contribution is -0.385. The van der Waals surface area contributed by atoms with E-state index in [0.717, 1.165) is 27.2 Å². The Hall–Kier alpha value is -4.23. The first-order chi connectivity index (χ1) is 18.0. The molecular formula is C25H24N4O7S2. The van der Waals surface area contributed by atoms with Gasteiger partial charge in [0.05, 0.1) is 32.8 Å². The van der Waals surface area contributed by atoms with E-state index in [4.69, 9.17) is 4.74 Å². The molecule has 1 heterocycles. The number of benzene rings is 3. The third-order valence-corrected chi connectivity index (χ3v) is 8.59. The minimum absolute atomic E-state index is 0.116. The molecule has 0 aliphatic heterocycles. The molecule has 1 aromatic heterocycles. The summed E-state index contributed by atoms with van der Waals surface area (Å²) in [5.41, 5.74) is 1.25. The Kier molecular flexibility index (Phi) is 7.51. The van der Waals surface area contributed by atoms with Crippen LogP contribution in [0, 0.1) is 17.0 Å². The number of rotatable bonds is 9. The van der Waals surface area contributed by atoms with Crippen molar-refractivity contribution in [2.75, 3.05) is 23.3 Å². The summed E-state index contributed by atoms with van der Waals surface area (Å²) in [7, 11) is -2.93. The van der Waals surface area contributed by atoms with Crippen molar-refractivity contribution in [2.45, 2.75) is 25.3 Å². The van der Waals surface area contributed by atoms with Crippen molar-refractivity contribution in [3.8, 4) is 5.75 Å². The first-order valence-corrected chi connectivity index (χ1v) is 13.7. The molecule has 0 unspecified atom stereocenters. The highest BCUT2D eigenvalue weighted by atomic mass is 32.2. The molecule has 0 fully saturated rings. The molecule has 4 aromatic rings. The van der Waals surface area contributed by atoms with Crippen LogP contribution < -0.4 is 19.2 Å². The van der Waals surface area contributed by atoms with Crippen LogP contribution in [0.25, 0.3) is 10.2 Å². The van der Waals surface area contributed by atoms with Crippen LogP contribution in [0.5, 0.6) is 5.75 Å². The van der Waals surface area contributed by atoms with E-state index in [0.29, 0.717) is 28.2 Å². The van der Waals surface area contributed by atoms with E-state index >= 15 is 0 Å². The largest absolute Gasteiger partial charge is 0.497 e. The summed E-state index contributed by atoms with van der Waals surface area (Å²) in [4.78, 5) is 35.6. The molecule has 38 heavy (non-hydrogen) atoms. The standard InChI is InChI=1S/C25H24N4O7S2/c1-4-27-21-12-6-17(13-23(21)37-25(27)31)26-24(30)15-28(18-7-9-19(36-3)10-8-18)38(34,35)20-11-5-16(2)22(14-20)29(32)33/h5-14H,4,15H2,1-3H3,(H,26,30).